The maximum absolute atomic E-state index is 10.8. The number of ether oxygens (including phenoxy) is 1. The Bertz CT molecular complexity index is 164. The van der Waals surface area contributed by atoms with Crippen molar-refractivity contribution in [1.29, 1.82) is 5.26 Å². The fourth-order valence-electron chi connectivity index (χ4n) is 0.445. The Balaban J connectivity index is 3.46. The van der Waals surface area contributed by atoms with Gasteiger partial charge in [-0.3, -0.25) is 0 Å². The Kier molecular flexibility index (Phi) is 5.91. The van der Waals surface area contributed by atoms with Crippen molar-refractivity contribution in [2.24, 2.45) is 0 Å². The zero-order valence-corrected chi connectivity index (χ0v) is 8.08. The fraction of sp³-hybridized carbons (Fsp3) is 0.714. The van der Waals surface area contributed by atoms with Crippen LogP contribution in [0.3, 0.4) is 0 Å². The molecule has 0 aromatic rings. The molecule has 0 aliphatic rings. The van der Waals surface area contributed by atoms with Crippen LogP contribution >= 0.6 is 0 Å². The number of nitrogens with zero attached hydrogens (tertiary/aromatic N) is 1. The van der Waals surface area contributed by atoms with E-state index in [2.05, 4.69) is 16.0 Å². The van der Waals surface area contributed by atoms with Crippen molar-refractivity contribution in [2.75, 3.05) is 6.61 Å². The Labute approximate surface area is 74.5 Å². The zero-order chi connectivity index (χ0) is 8.69. The first-order valence-corrected chi connectivity index (χ1v) is 4.43. The van der Waals surface area contributed by atoms with E-state index < -0.39 is 10.8 Å². The van der Waals surface area contributed by atoms with Crippen molar-refractivity contribution in [3.05, 3.63) is 0 Å². The van der Waals surface area contributed by atoms with Crippen LogP contribution in [0.4, 0.5) is 0 Å². The van der Waals surface area contributed by atoms with Crippen LogP contribution in [0.5, 0.6) is 0 Å². The van der Waals surface area contributed by atoms with Crippen LogP contribution in [0, 0.1) is 11.3 Å². The number of rotatable bonds is 4. The second-order valence-electron chi connectivity index (χ2n) is 2.03. The Hall–Kier alpha value is -0.521. The minimum atomic E-state index is -0.758. The molecule has 1 radical (unpaired) electrons. The van der Waals surface area contributed by atoms with Crippen molar-refractivity contribution in [3.63, 3.8) is 0 Å². The Morgan fingerprint density at radius 1 is 1.82 bits per heavy atom. The zero-order valence-electron chi connectivity index (χ0n) is 6.37. The molecule has 0 aliphatic heterocycles. The van der Waals surface area contributed by atoms with E-state index in [1.54, 1.807) is 6.07 Å². The molecular formula is C7H10NO2Se. The van der Waals surface area contributed by atoms with Gasteiger partial charge in [0.2, 0.25) is 0 Å². The average molecular weight is 219 g/mol. The van der Waals surface area contributed by atoms with Crippen molar-refractivity contribution in [2.45, 2.75) is 24.6 Å². The predicted octanol–water partition coefficient (Wildman–Crippen LogP) is 0.810. The predicted molar refractivity (Wildman–Crippen MR) is 41.0 cm³/mol. The molecule has 0 bridgehead atoms. The number of unbranched alkanes of at least 4 members (excludes halogenated alkanes) is 1. The topological polar surface area (TPSA) is 50.1 Å². The average Bonchev–Trinajstić information content (AvgIpc) is 2.03. The fourth-order valence-corrected chi connectivity index (χ4v) is 0.588. The van der Waals surface area contributed by atoms with Crippen LogP contribution in [0.25, 0.3) is 0 Å². The van der Waals surface area contributed by atoms with Crippen LogP contribution in [0.1, 0.15) is 19.8 Å². The van der Waals surface area contributed by atoms with Gasteiger partial charge >= 0.3 is 74.0 Å². The second-order valence-corrected chi connectivity index (χ2v) is 3.02. The molecule has 0 aliphatic carbocycles. The van der Waals surface area contributed by atoms with Gasteiger partial charge in [0.15, 0.2) is 0 Å². The van der Waals surface area contributed by atoms with E-state index in [1.807, 2.05) is 6.92 Å². The number of carbonyl (C=O) groups excluding carboxylic acids is 1. The molecule has 0 heterocycles. The molecule has 0 rings (SSSR count). The van der Waals surface area contributed by atoms with Crippen LogP contribution in [-0.2, 0) is 9.53 Å². The van der Waals surface area contributed by atoms with E-state index >= 15 is 0 Å². The van der Waals surface area contributed by atoms with Crippen LogP contribution in [-0.4, -0.2) is 28.6 Å². The van der Waals surface area contributed by atoms with Crippen molar-refractivity contribution < 1.29 is 9.53 Å². The van der Waals surface area contributed by atoms with Gasteiger partial charge in [-0.15, -0.1) is 0 Å². The van der Waals surface area contributed by atoms with Gasteiger partial charge in [-0.25, -0.2) is 0 Å². The van der Waals surface area contributed by atoms with E-state index in [1.165, 1.54) is 0 Å². The molecule has 1 atom stereocenters. The second kappa shape index (κ2) is 6.21. The summed E-state index contributed by atoms with van der Waals surface area (Å²) in [5, 5.41) is 8.28. The molecular weight excluding hydrogens is 209 g/mol. The normalized spacial score (nSPS) is 11.7. The molecule has 0 aromatic carbocycles. The van der Waals surface area contributed by atoms with E-state index in [9.17, 15) is 4.79 Å². The minimum absolute atomic E-state index is 0.412. The van der Waals surface area contributed by atoms with Gasteiger partial charge in [0.25, 0.3) is 0 Å². The van der Waals surface area contributed by atoms with Gasteiger partial charge in [-0.1, -0.05) is 0 Å². The van der Waals surface area contributed by atoms with Crippen molar-refractivity contribution in [3.8, 4) is 6.07 Å². The molecule has 0 saturated carbocycles. The van der Waals surface area contributed by atoms with E-state index in [0.717, 1.165) is 12.8 Å². The SMILES string of the molecule is CCCCOC(=O)C([Se])C#N. The molecule has 61 valence electrons. The molecule has 0 amide bonds. The summed E-state index contributed by atoms with van der Waals surface area (Å²) in [5.74, 6) is -0.471. The first kappa shape index (κ1) is 10.5. The number of hydrogen-bond donors (Lipinski definition) is 0. The molecule has 0 saturated heterocycles. The standard InChI is InChI=1S/C7H10NO2Se/c1-2-3-4-10-7(9)6(11)5-8/h6H,2-4H2,1H3. The molecule has 4 heteroatoms. The third-order valence-electron chi connectivity index (χ3n) is 1.07. The Morgan fingerprint density at radius 2 is 2.45 bits per heavy atom. The van der Waals surface area contributed by atoms with E-state index in [-0.39, 0.29) is 0 Å². The molecule has 0 N–H and O–H groups in total. The number of hydrogen-bond acceptors (Lipinski definition) is 3. The quantitative estimate of drug-likeness (QED) is 0.399. The van der Waals surface area contributed by atoms with Gasteiger partial charge in [0.1, 0.15) is 0 Å². The van der Waals surface area contributed by atoms with Crippen molar-refractivity contribution in [1.82, 2.24) is 0 Å². The van der Waals surface area contributed by atoms with Crippen LogP contribution in [0.15, 0.2) is 0 Å². The summed E-state index contributed by atoms with van der Waals surface area (Å²) >= 11 is 2.42. The van der Waals surface area contributed by atoms with Crippen LogP contribution in [0.2, 0.25) is 4.82 Å². The third-order valence-corrected chi connectivity index (χ3v) is 1.70. The molecule has 11 heavy (non-hydrogen) atoms. The van der Waals surface area contributed by atoms with Gasteiger partial charge in [-0.2, -0.15) is 0 Å². The maximum atomic E-state index is 10.8. The van der Waals surface area contributed by atoms with Gasteiger partial charge in [0, 0.05) is 0 Å². The number of carbonyl (C=O) groups is 1. The molecule has 0 fully saturated rings. The Morgan fingerprint density at radius 3 is 2.91 bits per heavy atom. The third kappa shape index (κ3) is 4.83. The van der Waals surface area contributed by atoms with Gasteiger partial charge in [0.05, 0.1) is 0 Å². The van der Waals surface area contributed by atoms with Crippen molar-refractivity contribution >= 4 is 22.0 Å². The summed E-state index contributed by atoms with van der Waals surface area (Å²) in [6.45, 7) is 2.42. The summed E-state index contributed by atoms with van der Waals surface area (Å²) in [6, 6.07) is 1.76. The summed E-state index contributed by atoms with van der Waals surface area (Å²) in [7, 11) is 0. The van der Waals surface area contributed by atoms with Gasteiger partial charge in [-0.05, 0) is 0 Å². The van der Waals surface area contributed by atoms with E-state index in [4.69, 9.17) is 10.00 Å². The monoisotopic (exact) mass is 220 g/mol. The first-order chi connectivity index (χ1) is 5.22. The van der Waals surface area contributed by atoms with E-state index in [0.29, 0.717) is 6.61 Å². The molecule has 0 aromatic heterocycles. The van der Waals surface area contributed by atoms with Crippen LogP contribution < -0.4 is 0 Å². The first-order valence-electron chi connectivity index (χ1n) is 3.44. The number of nitriles is 1. The molecule has 3 nitrogen and oxygen atoms in total. The summed E-state index contributed by atoms with van der Waals surface area (Å²) in [6.07, 6.45) is 1.84. The summed E-state index contributed by atoms with van der Waals surface area (Å²) in [5.41, 5.74) is 0. The molecule has 0 spiro atoms. The number of esters is 1. The molecule has 1 unspecified atom stereocenters. The summed E-state index contributed by atoms with van der Waals surface area (Å²) < 4.78 is 4.74. The van der Waals surface area contributed by atoms with Gasteiger partial charge < -0.3 is 0 Å². The summed E-state index contributed by atoms with van der Waals surface area (Å²) in [4.78, 5) is 10.0.